The zero-order chi connectivity index (χ0) is 21.5. The average molecular weight is 439 g/mol. The molecule has 4 nitrogen and oxygen atoms in total. The lowest BCUT2D eigenvalue weighted by atomic mass is 9.87. The van der Waals surface area contributed by atoms with Crippen molar-refractivity contribution in [1.82, 2.24) is 9.88 Å². The predicted molar refractivity (Wildman–Crippen MR) is 119 cm³/mol. The number of aliphatic hydroxyl groups excluding tert-OH is 1. The molecule has 1 unspecified atom stereocenters. The first-order valence-corrected chi connectivity index (χ1v) is 11.2. The molecule has 1 amide bonds. The summed E-state index contributed by atoms with van der Waals surface area (Å²) in [5.74, 6) is 0.0341. The van der Waals surface area contributed by atoms with Gasteiger partial charge in [-0.3, -0.25) is 9.78 Å². The number of pyridine rings is 1. The van der Waals surface area contributed by atoms with E-state index in [0.29, 0.717) is 53.3 Å². The fraction of sp³-hybridized carbons (Fsp3) is 0.360. The third-order valence-electron chi connectivity index (χ3n) is 6.50. The summed E-state index contributed by atoms with van der Waals surface area (Å²) in [7, 11) is 0. The van der Waals surface area contributed by atoms with E-state index < -0.39 is 6.10 Å². The number of amides is 1. The van der Waals surface area contributed by atoms with E-state index >= 15 is 0 Å². The average Bonchev–Trinajstić information content (AvgIpc) is 3.64. The van der Waals surface area contributed by atoms with Crippen LogP contribution in [0.15, 0.2) is 48.5 Å². The normalized spacial score (nSPS) is 18.4. The molecule has 5 rings (SSSR count). The highest BCUT2D eigenvalue weighted by Gasteiger charge is 2.31. The predicted octanol–water partition coefficient (Wildman–Crippen LogP) is 5.49. The van der Waals surface area contributed by atoms with Gasteiger partial charge in [0.1, 0.15) is 5.82 Å². The number of carbonyl (C=O) groups excluding carboxylic acids is 1. The molecule has 1 aromatic heterocycles. The molecule has 1 atom stereocenters. The number of piperidine rings is 1. The van der Waals surface area contributed by atoms with Gasteiger partial charge in [0.05, 0.1) is 17.2 Å². The van der Waals surface area contributed by atoms with Gasteiger partial charge in [0.25, 0.3) is 5.91 Å². The van der Waals surface area contributed by atoms with Gasteiger partial charge in [0.15, 0.2) is 0 Å². The molecule has 0 bridgehead atoms. The Bertz CT molecular complexity index is 1120. The topological polar surface area (TPSA) is 53.4 Å². The van der Waals surface area contributed by atoms with Crippen LogP contribution in [-0.4, -0.2) is 34.0 Å². The number of halogens is 2. The number of carbonyl (C=O) groups is 1. The molecule has 3 aromatic rings. The number of aromatic nitrogens is 1. The van der Waals surface area contributed by atoms with Crippen LogP contribution in [0.5, 0.6) is 0 Å². The molecule has 31 heavy (non-hydrogen) atoms. The van der Waals surface area contributed by atoms with Crippen molar-refractivity contribution < 1.29 is 14.3 Å². The monoisotopic (exact) mass is 438 g/mol. The summed E-state index contributed by atoms with van der Waals surface area (Å²) in [6, 6.07) is 13.6. The number of benzene rings is 2. The fourth-order valence-corrected chi connectivity index (χ4v) is 4.63. The van der Waals surface area contributed by atoms with Crippen LogP contribution in [0.3, 0.4) is 0 Å². The molecule has 160 valence electrons. The summed E-state index contributed by atoms with van der Waals surface area (Å²) in [5, 5.41) is 12.0. The second-order valence-electron chi connectivity index (χ2n) is 8.66. The standard InChI is InChI=1S/C25H24ClFN2O2/c26-18-5-3-16(4-6-18)24(30)17-9-11-29(12-10-17)25(31)21-14-23(15-1-2-15)28-22-8-7-19(27)13-20(21)22/h3-8,13-15,17,24,30H,1-2,9-12H2. The Hall–Kier alpha value is -2.50. The van der Waals surface area contributed by atoms with Gasteiger partial charge in [0, 0.05) is 35.1 Å². The molecular formula is C25H24ClFN2O2. The lowest BCUT2D eigenvalue weighted by molar-refractivity contribution is 0.0463. The van der Waals surface area contributed by atoms with Crippen LogP contribution in [0.2, 0.25) is 5.02 Å². The molecule has 1 N–H and O–H groups in total. The van der Waals surface area contributed by atoms with Crippen LogP contribution in [0.4, 0.5) is 4.39 Å². The smallest absolute Gasteiger partial charge is 0.254 e. The SMILES string of the molecule is O=C(c1cc(C2CC2)nc2ccc(F)cc12)N1CCC(C(O)c2ccc(Cl)cc2)CC1. The molecule has 0 radical (unpaired) electrons. The first-order valence-electron chi connectivity index (χ1n) is 10.8. The summed E-state index contributed by atoms with van der Waals surface area (Å²) >= 11 is 5.95. The van der Waals surface area contributed by atoms with Gasteiger partial charge in [-0.05, 0) is 73.6 Å². The molecule has 2 fully saturated rings. The van der Waals surface area contributed by atoms with Crippen molar-refractivity contribution in [2.24, 2.45) is 5.92 Å². The van der Waals surface area contributed by atoms with Crippen molar-refractivity contribution in [3.05, 3.63) is 76.2 Å². The summed E-state index contributed by atoms with van der Waals surface area (Å²) in [6.45, 7) is 1.12. The molecule has 2 aliphatic rings. The summed E-state index contributed by atoms with van der Waals surface area (Å²) in [5.41, 5.74) is 2.97. The van der Waals surface area contributed by atoms with Gasteiger partial charge >= 0.3 is 0 Å². The van der Waals surface area contributed by atoms with Crippen LogP contribution in [-0.2, 0) is 0 Å². The van der Waals surface area contributed by atoms with Gasteiger partial charge in [-0.15, -0.1) is 0 Å². The van der Waals surface area contributed by atoms with Crippen molar-refractivity contribution in [3.63, 3.8) is 0 Å². The van der Waals surface area contributed by atoms with Crippen molar-refractivity contribution >= 4 is 28.4 Å². The lowest BCUT2D eigenvalue weighted by Gasteiger charge is -2.34. The Morgan fingerprint density at radius 1 is 1.06 bits per heavy atom. The maximum Gasteiger partial charge on any atom is 0.254 e. The number of aliphatic hydroxyl groups is 1. The van der Waals surface area contributed by atoms with E-state index in [-0.39, 0.29) is 17.6 Å². The van der Waals surface area contributed by atoms with Crippen LogP contribution in [0, 0.1) is 11.7 Å². The molecule has 1 saturated carbocycles. The Kier molecular flexibility index (Phi) is 5.40. The second kappa shape index (κ2) is 8.21. The van der Waals surface area contributed by atoms with Gasteiger partial charge in [-0.2, -0.15) is 0 Å². The quantitative estimate of drug-likeness (QED) is 0.586. The Morgan fingerprint density at radius 2 is 1.77 bits per heavy atom. The van der Waals surface area contributed by atoms with Crippen molar-refractivity contribution in [1.29, 1.82) is 0 Å². The fourth-order valence-electron chi connectivity index (χ4n) is 4.50. The van der Waals surface area contributed by atoms with Crippen molar-refractivity contribution in [2.75, 3.05) is 13.1 Å². The van der Waals surface area contributed by atoms with Crippen LogP contribution in [0.25, 0.3) is 10.9 Å². The summed E-state index contributed by atoms with van der Waals surface area (Å²) in [4.78, 5) is 19.9. The minimum absolute atomic E-state index is 0.0823. The highest BCUT2D eigenvalue weighted by Crippen LogP contribution is 2.40. The number of likely N-dealkylation sites (tertiary alicyclic amines) is 1. The Labute approximate surface area is 185 Å². The summed E-state index contributed by atoms with van der Waals surface area (Å²) in [6.07, 6.45) is 3.01. The molecule has 1 aliphatic carbocycles. The van der Waals surface area contributed by atoms with Gasteiger partial charge in [-0.1, -0.05) is 23.7 Å². The molecule has 6 heteroatoms. The van der Waals surface area contributed by atoms with E-state index in [9.17, 15) is 14.3 Å². The van der Waals surface area contributed by atoms with E-state index in [4.69, 9.17) is 11.6 Å². The van der Waals surface area contributed by atoms with Crippen molar-refractivity contribution in [2.45, 2.75) is 37.7 Å². The molecule has 2 aromatic carbocycles. The third-order valence-corrected chi connectivity index (χ3v) is 6.75. The molecule has 1 aliphatic heterocycles. The van der Waals surface area contributed by atoms with Crippen LogP contribution in [0.1, 0.15) is 59.3 Å². The van der Waals surface area contributed by atoms with E-state index in [1.54, 1.807) is 18.2 Å². The van der Waals surface area contributed by atoms with E-state index in [1.807, 2.05) is 23.1 Å². The highest BCUT2D eigenvalue weighted by molar-refractivity contribution is 6.30. The zero-order valence-corrected chi connectivity index (χ0v) is 17.9. The Balaban J connectivity index is 1.35. The maximum absolute atomic E-state index is 13.9. The molecule has 1 saturated heterocycles. The number of rotatable bonds is 4. The number of fused-ring (bicyclic) bond motifs is 1. The molecule has 2 heterocycles. The molecular weight excluding hydrogens is 415 g/mol. The second-order valence-corrected chi connectivity index (χ2v) is 9.09. The highest BCUT2D eigenvalue weighted by atomic mass is 35.5. The van der Waals surface area contributed by atoms with Gasteiger partial charge in [-0.25, -0.2) is 4.39 Å². The van der Waals surface area contributed by atoms with E-state index in [1.165, 1.54) is 12.1 Å². The van der Waals surface area contributed by atoms with Crippen molar-refractivity contribution in [3.8, 4) is 0 Å². The number of hydrogen-bond acceptors (Lipinski definition) is 3. The van der Waals surface area contributed by atoms with Crippen LogP contribution < -0.4 is 0 Å². The number of nitrogens with zero attached hydrogens (tertiary/aromatic N) is 2. The minimum Gasteiger partial charge on any atom is -0.388 e. The largest absolute Gasteiger partial charge is 0.388 e. The van der Waals surface area contributed by atoms with Gasteiger partial charge in [0.2, 0.25) is 0 Å². The number of hydrogen-bond donors (Lipinski definition) is 1. The Morgan fingerprint density at radius 3 is 2.45 bits per heavy atom. The maximum atomic E-state index is 13.9. The van der Waals surface area contributed by atoms with E-state index in [0.717, 1.165) is 24.1 Å². The third kappa shape index (κ3) is 4.17. The lowest BCUT2D eigenvalue weighted by Crippen LogP contribution is -2.40. The summed E-state index contributed by atoms with van der Waals surface area (Å²) < 4.78 is 13.9. The molecule has 0 spiro atoms. The van der Waals surface area contributed by atoms with Gasteiger partial charge < -0.3 is 10.0 Å². The first-order chi connectivity index (χ1) is 15.0. The first kappa shape index (κ1) is 20.4. The minimum atomic E-state index is -0.577. The van der Waals surface area contributed by atoms with Crippen LogP contribution >= 0.6 is 11.6 Å². The zero-order valence-electron chi connectivity index (χ0n) is 17.1. The van der Waals surface area contributed by atoms with E-state index in [2.05, 4.69) is 4.98 Å².